The van der Waals surface area contributed by atoms with Gasteiger partial charge in [0.25, 0.3) is 0 Å². The zero-order chi connectivity index (χ0) is 21.9. The van der Waals surface area contributed by atoms with Crippen molar-refractivity contribution >= 4 is 45.4 Å². The van der Waals surface area contributed by atoms with Crippen LogP contribution in [0.2, 0.25) is 0 Å². The number of thioether (sulfide) groups is 1. The van der Waals surface area contributed by atoms with Gasteiger partial charge in [0.2, 0.25) is 11.1 Å². The molecule has 158 valence electrons. The van der Waals surface area contributed by atoms with E-state index in [0.717, 1.165) is 22.2 Å². The summed E-state index contributed by atoms with van der Waals surface area (Å²) in [5.41, 5.74) is 3.02. The number of H-pyrrole nitrogens is 1. The van der Waals surface area contributed by atoms with Gasteiger partial charge in [0.15, 0.2) is 5.65 Å². The van der Waals surface area contributed by atoms with E-state index < -0.39 is 5.25 Å². The lowest BCUT2D eigenvalue weighted by atomic mass is 10.2. The minimum absolute atomic E-state index is 0.146. The molecular weight excluding hydrogens is 422 g/mol. The molecule has 0 bridgehead atoms. The highest BCUT2D eigenvalue weighted by Gasteiger charge is 2.18. The Morgan fingerprint density at radius 1 is 0.938 bits per heavy atom. The first-order chi connectivity index (χ1) is 15.7. The zero-order valence-electron chi connectivity index (χ0n) is 17.1. The number of aromatic amines is 1. The molecule has 2 aromatic heterocycles. The van der Waals surface area contributed by atoms with Gasteiger partial charge >= 0.3 is 0 Å². The summed E-state index contributed by atoms with van der Waals surface area (Å²) in [7, 11) is 0. The highest BCUT2D eigenvalue weighted by atomic mass is 32.2. The van der Waals surface area contributed by atoms with E-state index in [4.69, 9.17) is 4.74 Å². The van der Waals surface area contributed by atoms with Crippen molar-refractivity contribution in [3.05, 3.63) is 78.9 Å². The normalized spacial score (nSPS) is 12.0. The average molecular weight is 442 g/mol. The van der Waals surface area contributed by atoms with Gasteiger partial charge in [-0.3, -0.25) is 4.79 Å². The maximum Gasteiger partial charge on any atom is 0.237 e. The van der Waals surface area contributed by atoms with E-state index in [0.29, 0.717) is 22.2 Å². The molecule has 2 N–H and O–H groups in total. The van der Waals surface area contributed by atoms with Crippen LogP contribution in [0.15, 0.2) is 84.0 Å². The van der Waals surface area contributed by atoms with Crippen molar-refractivity contribution in [2.75, 3.05) is 5.32 Å². The summed E-state index contributed by atoms with van der Waals surface area (Å²) in [4.78, 5) is 20.4. The predicted molar refractivity (Wildman–Crippen MR) is 126 cm³/mol. The Morgan fingerprint density at radius 3 is 2.47 bits per heavy atom. The van der Waals surface area contributed by atoms with E-state index in [1.54, 1.807) is 0 Å². The number of hydrogen-bond acceptors (Lipinski definition) is 6. The molecule has 32 heavy (non-hydrogen) atoms. The molecule has 5 rings (SSSR count). The Hall–Kier alpha value is -3.91. The van der Waals surface area contributed by atoms with Crippen LogP contribution in [0.4, 0.5) is 5.69 Å². The van der Waals surface area contributed by atoms with Crippen LogP contribution in [0.1, 0.15) is 6.92 Å². The summed E-state index contributed by atoms with van der Waals surface area (Å²) >= 11 is 1.26. The summed E-state index contributed by atoms with van der Waals surface area (Å²) < 4.78 is 5.78. The van der Waals surface area contributed by atoms with E-state index in [1.807, 2.05) is 85.8 Å². The van der Waals surface area contributed by atoms with Crippen molar-refractivity contribution in [3.8, 4) is 11.5 Å². The lowest BCUT2D eigenvalue weighted by Crippen LogP contribution is -2.22. The van der Waals surface area contributed by atoms with Gasteiger partial charge in [-0.1, -0.05) is 48.2 Å². The number of nitrogens with one attached hydrogen (secondary N) is 2. The van der Waals surface area contributed by atoms with Gasteiger partial charge in [0.05, 0.1) is 5.25 Å². The summed E-state index contributed by atoms with van der Waals surface area (Å²) in [6.07, 6.45) is 0. The number of carbonyl (C=O) groups excluding carboxylic acids is 1. The summed E-state index contributed by atoms with van der Waals surface area (Å²) in [5.74, 6) is 1.31. The molecule has 0 aliphatic carbocycles. The quantitative estimate of drug-likeness (QED) is 0.342. The minimum Gasteiger partial charge on any atom is -0.457 e. The van der Waals surface area contributed by atoms with Crippen molar-refractivity contribution in [1.82, 2.24) is 20.2 Å². The predicted octanol–water partition coefficient (Wildman–Crippen LogP) is 5.42. The van der Waals surface area contributed by atoms with Gasteiger partial charge in [-0.15, -0.1) is 10.2 Å². The molecule has 0 fully saturated rings. The Bertz CT molecular complexity index is 1390. The van der Waals surface area contributed by atoms with Gasteiger partial charge in [0, 0.05) is 16.6 Å². The van der Waals surface area contributed by atoms with Crippen LogP contribution in [-0.4, -0.2) is 31.3 Å². The maximum absolute atomic E-state index is 12.7. The minimum atomic E-state index is -0.404. The van der Waals surface area contributed by atoms with E-state index in [-0.39, 0.29) is 5.91 Å². The van der Waals surface area contributed by atoms with E-state index in [2.05, 4.69) is 25.5 Å². The van der Waals surface area contributed by atoms with Gasteiger partial charge in [0.1, 0.15) is 17.0 Å². The van der Waals surface area contributed by atoms with Crippen molar-refractivity contribution < 1.29 is 9.53 Å². The maximum atomic E-state index is 12.7. The lowest BCUT2D eigenvalue weighted by molar-refractivity contribution is -0.115. The van der Waals surface area contributed by atoms with Crippen molar-refractivity contribution in [2.45, 2.75) is 17.3 Å². The molecule has 7 nitrogen and oxygen atoms in total. The topological polar surface area (TPSA) is 92.8 Å². The smallest absolute Gasteiger partial charge is 0.237 e. The number of amides is 1. The van der Waals surface area contributed by atoms with Crippen LogP contribution in [0, 0.1) is 0 Å². The summed E-state index contributed by atoms with van der Waals surface area (Å²) in [6, 6.07) is 24.6. The van der Waals surface area contributed by atoms with Gasteiger partial charge in [-0.25, -0.2) is 4.98 Å². The second-order valence-electron chi connectivity index (χ2n) is 7.15. The third-order valence-corrected chi connectivity index (χ3v) is 5.81. The molecule has 3 aromatic carbocycles. The Morgan fingerprint density at radius 2 is 1.66 bits per heavy atom. The number of fused-ring (bicyclic) bond motifs is 3. The fourth-order valence-corrected chi connectivity index (χ4v) is 3.96. The largest absolute Gasteiger partial charge is 0.457 e. The first kappa shape index (κ1) is 20.0. The van der Waals surface area contributed by atoms with Gasteiger partial charge in [-0.05, 0) is 49.4 Å². The molecule has 0 saturated carbocycles. The molecule has 1 atom stereocenters. The highest BCUT2D eigenvalue weighted by Crippen LogP contribution is 2.26. The van der Waals surface area contributed by atoms with Crippen LogP contribution in [0.3, 0.4) is 0 Å². The number of benzene rings is 3. The van der Waals surface area contributed by atoms with Crippen LogP contribution >= 0.6 is 11.8 Å². The molecule has 0 radical (unpaired) electrons. The van der Waals surface area contributed by atoms with E-state index in [1.165, 1.54) is 11.8 Å². The Kier molecular flexibility index (Phi) is 5.43. The molecular formula is C24H19N5O2S. The molecule has 1 amide bonds. The number of anilines is 1. The average Bonchev–Trinajstić information content (AvgIpc) is 3.19. The van der Waals surface area contributed by atoms with E-state index in [9.17, 15) is 4.79 Å². The van der Waals surface area contributed by atoms with Crippen molar-refractivity contribution in [3.63, 3.8) is 0 Å². The molecule has 0 aliphatic heterocycles. The Labute approximate surface area is 188 Å². The molecule has 0 spiro atoms. The second-order valence-corrected chi connectivity index (χ2v) is 8.46. The molecule has 0 aliphatic rings. The summed E-state index contributed by atoms with van der Waals surface area (Å²) in [5, 5.41) is 12.4. The second kappa shape index (κ2) is 8.68. The third-order valence-electron chi connectivity index (χ3n) is 4.85. The van der Waals surface area contributed by atoms with Crippen molar-refractivity contribution in [1.29, 1.82) is 0 Å². The van der Waals surface area contributed by atoms with Gasteiger partial charge < -0.3 is 15.0 Å². The Balaban J connectivity index is 1.23. The van der Waals surface area contributed by atoms with Crippen LogP contribution in [0.25, 0.3) is 22.1 Å². The highest BCUT2D eigenvalue weighted by molar-refractivity contribution is 8.00. The number of ether oxygens (including phenoxy) is 1. The number of para-hydroxylation sites is 2. The molecule has 0 saturated heterocycles. The number of nitrogens with zero attached hydrogens (tertiary/aromatic N) is 3. The zero-order valence-corrected chi connectivity index (χ0v) is 18.0. The van der Waals surface area contributed by atoms with E-state index >= 15 is 0 Å². The fourth-order valence-electron chi connectivity index (χ4n) is 3.24. The first-order valence-corrected chi connectivity index (χ1v) is 11.0. The van der Waals surface area contributed by atoms with Crippen LogP contribution in [-0.2, 0) is 4.79 Å². The lowest BCUT2D eigenvalue weighted by Gasteiger charge is -2.11. The molecule has 5 aromatic rings. The molecule has 2 heterocycles. The van der Waals surface area contributed by atoms with Crippen LogP contribution < -0.4 is 10.1 Å². The summed E-state index contributed by atoms with van der Waals surface area (Å²) in [6.45, 7) is 1.81. The molecule has 8 heteroatoms. The first-order valence-electron chi connectivity index (χ1n) is 10.1. The fraction of sp³-hybridized carbons (Fsp3) is 0.0833. The SMILES string of the molecule is CC(Sc1nnc2c(n1)[nH]c1ccccc12)C(=O)Nc1ccc(Oc2ccccc2)cc1. The number of carbonyl (C=O) groups is 1. The van der Waals surface area contributed by atoms with Crippen molar-refractivity contribution in [2.24, 2.45) is 0 Å². The number of rotatable bonds is 6. The number of aromatic nitrogens is 4. The van der Waals surface area contributed by atoms with Gasteiger partial charge in [-0.2, -0.15) is 0 Å². The van der Waals surface area contributed by atoms with Crippen LogP contribution in [0.5, 0.6) is 11.5 Å². The monoisotopic (exact) mass is 441 g/mol. The standard InChI is InChI=1S/C24H19N5O2S/c1-15(32-24-27-22-21(28-29-24)19-9-5-6-10-20(19)26-22)23(30)25-16-11-13-18(14-12-16)31-17-7-3-2-4-8-17/h2-15H,1H3,(H,25,30)(H,26,27,29). The third kappa shape index (κ3) is 4.26. The number of hydrogen-bond donors (Lipinski definition) is 2. The molecule has 1 unspecified atom stereocenters.